The van der Waals surface area contributed by atoms with E-state index in [0.29, 0.717) is 17.0 Å². The lowest BCUT2D eigenvalue weighted by Crippen LogP contribution is -2.53. The number of aromatic nitrogens is 3. The van der Waals surface area contributed by atoms with E-state index in [1.807, 2.05) is 49.4 Å². The first-order valence-corrected chi connectivity index (χ1v) is 10.8. The third-order valence-electron chi connectivity index (χ3n) is 5.90. The van der Waals surface area contributed by atoms with Gasteiger partial charge in [-0.15, -0.1) is 0 Å². The highest BCUT2D eigenvalue weighted by atomic mass is 35.5. The predicted octanol–water partition coefficient (Wildman–Crippen LogP) is 4.18. The summed E-state index contributed by atoms with van der Waals surface area (Å²) in [7, 11) is 0. The number of fused-ring (bicyclic) bond motifs is 2. The Kier molecular flexibility index (Phi) is 5.30. The second-order valence-corrected chi connectivity index (χ2v) is 8.31. The highest BCUT2D eigenvalue weighted by Gasteiger charge is 2.38. The number of H-pyrrole nitrogens is 1. The summed E-state index contributed by atoms with van der Waals surface area (Å²) in [5, 5.41) is 3.66. The molecule has 2 aromatic heterocycles. The Labute approximate surface area is 193 Å². The SMILES string of the molecule is C[C@H](Nc1ncnc2[nH]cc(F)c(=O)c12)C1Cc2cccc(Cl)c2C(=O)N1c1ccccc1. The minimum absolute atomic E-state index is 0.0289. The number of nitrogens with zero attached hydrogens (tertiary/aromatic N) is 3. The van der Waals surface area contributed by atoms with Crippen molar-refractivity contribution < 1.29 is 9.18 Å². The molecule has 166 valence electrons. The minimum atomic E-state index is -0.921. The lowest BCUT2D eigenvalue weighted by Gasteiger charge is -2.40. The molecule has 1 aliphatic heterocycles. The molecule has 1 amide bonds. The second-order valence-electron chi connectivity index (χ2n) is 7.90. The Bertz CT molecular complexity index is 1430. The molecule has 0 saturated heterocycles. The van der Waals surface area contributed by atoms with E-state index in [1.165, 1.54) is 6.33 Å². The van der Waals surface area contributed by atoms with Gasteiger partial charge in [-0.2, -0.15) is 0 Å². The predicted molar refractivity (Wildman–Crippen MR) is 125 cm³/mol. The van der Waals surface area contributed by atoms with Gasteiger partial charge in [0.1, 0.15) is 23.2 Å². The van der Waals surface area contributed by atoms with Crippen LogP contribution in [0.1, 0.15) is 22.8 Å². The maximum Gasteiger partial charge on any atom is 0.260 e. The van der Waals surface area contributed by atoms with Crippen molar-refractivity contribution >= 4 is 40.0 Å². The largest absolute Gasteiger partial charge is 0.365 e. The summed E-state index contributed by atoms with van der Waals surface area (Å²) in [5.41, 5.74) is 1.48. The summed E-state index contributed by atoms with van der Waals surface area (Å²) in [6, 6.07) is 14.1. The van der Waals surface area contributed by atoms with Crippen LogP contribution in [0.2, 0.25) is 5.02 Å². The fraction of sp³-hybridized carbons (Fsp3) is 0.167. The van der Waals surface area contributed by atoms with Crippen molar-refractivity contribution in [2.45, 2.75) is 25.4 Å². The van der Waals surface area contributed by atoms with Gasteiger partial charge in [0.15, 0.2) is 5.82 Å². The van der Waals surface area contributed by atoms with Gasteiger partial charge in [-0.3, -0.25) is 9.59 Å². The molecule has 1 unspecified atom stereocenters. The monoisotopic (exact) mass is 463 g/mol. The van der Waals surface area contributed by atoms with E-state index >= 15 is 0 Å². The van der Waals surface area contributed by atoms with E-state index in [-0.39, 0.29) is 34.8 Å². The molecule has 3 heterocycles. The lowest BCUT2D eigenvalue weighted by molar-refractivity contribution is 0.0965. The maximum absolute atomic E-state index is 14.0. The lowest BCUT2D eigenvalue weighted by atomic mass is 9.89. The highest BCUT2D eigenvalue weighted by Crippen LogP contribution is 2.34. The van der Waals surface area contributed by atoms with E-state index in [4.69, 9.17) is 11.6 Å². The molecule has 2 atom stereocenters. The number of aromatic amines is 1. The van der Waals surface area contributed by atoms with Gasteiger partial charge in [0.2, 0.25) is 5.43 Å². The van der Waals surface area contributed by atoms with Crippen LogP contribution in [0.3, 0.4) is 0 Å². The third kappa shape index (κ3) is 3.62. The molecular weight excluding hydrogens is 445 g/mol. The van der Waals surface area contributed by atoms with E-state index in [0.717, 1.165) is 17.4 Å². The number of amides is 1. The van der Waals surface area contributed by atoms with Gasteiger partial charge in [-0.05, 0) is 37.1 Å². The van der Waals surface area contributed by atoms with Crippen molar-refractivity contribution in [1.29, 1.82) is 0 Å². The number of para-hydroxylation sites is 1. The average molecular weight is 464 g/mol. The summed E-state index contributed by atoms with van der Waals surface area (Å²) in [5.74, 6) is -0.927. The number of carbonyl (C=O) groups excluding carboxylic acids is 1. The summed E-state index contributed by atoms with van der Waals surface area (Å²) in [6.07, 6.45) is 2.79. The highest BCUT2D eigenvalue weighted by molar-refractivity contribution is 6.35. The number of hydrogen-bond donors (Lipinski definition) is 2. The molecule has 0 bridgehead atoms. The molecule has 2 N–H and O–H groups in total. The number of anilines is 2. The standard InChI is InChI=1S/C24H19ClFN5O2/c1-13(30-23-20-21(32)17(26)11-27-22(20)28-12-29-23)18-10-14-6-5-9-16(25)19(14)24(33)31(18)15-7-3-2-4-8-15/h2-9,11-13,18H,10H2,1H3,(H2,27,28,29,30,32)/t13-,18?/m0/s1. The first-order valence-electron chi connectivity index (χ1n) is 10.4. The molecule has 5 rings (SSSR count). The number of halogens is 2. The Balaban J connectivity index is 1.58. The van der Waals surface area contributed by atoms with Gasteiger partial charge in [0, 0.05) is 17.9 Å². The third-order valence-corrected chi connectivity index (χ3v) is 6.21. The van der Waals surface area contributed by atoms with E-state index in [9.17, 15) is 14.0 Å². The maximum atomic E-state index is 14.0. The zero-order valence-corrected chi connectivity index (χ0v) is 18.3. The number of benzene rings is 2. The van der Waals surface area contributed by atoms with Crippen LogP contribution in [0, 0.1) is 5.82 Å². The number of rotatable bonds is 4. The average Bonchev–Trinajstić information content (AvgIpc) is 2.82. The molecule has 0 fully saturated rings. The molecule has 1 aliphatic rings. The van der Waals surface area contributed by atoms with Crippen molar-refractivity contribution in [3.05, 3.63) is 93.2 Å². The molecule has 0 aliphatic carbocycles. The number of hydrogen-bond acceptors (Lipinski definition) is 5. The van der Waals surface area contributed by atoms with Gasteiger partial charge < -0.3 is 15.2 Å². The van der Waals surface area contributed by atoms with E-state index in [1.54, 1.807) is 11.0 Å². The molecule has 0 radical (unpaired) electrons. The Morgan fingerprint density at radius 2 is 1.94 bits per heavy atom. The normalized spacial score (nSPS) is 16.5. The molecule has 2 aromatic carbocycles. The van der Waals surface area contributed by atoms with Crippen LogP contribution >= 0.6 is 11.6 Å². The number of nitrogens with one attached hydrogen (secondary N) is 2. The number of carbonyl (C=O) groups is 1. The van der Waals surface area contributed by atoms with Crippen LogP contribution in [0.4, 0.5) is 15.9 Å². The molecule has 4 aromatic rings. The fourth-order valence-electron chi connectivity index (χ4n) is 4.31. The van der Waals surface area contributed by atoms with Crippen LogP contribution in [0.25, 0.3) is 11.0 Å². The molecular formula is C24H19ClFN5O2. The Hall–Kier alpha value is -3.78. The van der Waals surface area contributed by atoms with Crippen LogP contribution in [-0.4, -0.2) is 32.9 Å². The second kappa shape index (κ2) is 8.29. The van der Waals surface area contributed by atoms with Crippen LogP contribution < -0.4 is 15.6 Å². The molecule has 0 saturated carbocycles. The van der Waals surface area contributed by atoms with Gasteiger partial charge >= 0.3 is 0 Å². The molecule has 33 heavy (non-hydrogen) atoms. The van der Waals surface area contributed by atoms with E-state index < -0.39 is 11.2 Å². The van der Waals surface area contributed by atoms with Crippen molar-refractivity contribution in [3.8, 4) is 0 Å². The Morgan fingerprint density at radius 3 is 2.73 bits per heavy atom. The summed E-state index contributed by atoms with van der Waals surface area (Å²) in [6.45, 7) is 1.89. The minimum Gasteiger partial charge on any atom is -0.365 e. The Morgan fingerprint density at radius 1 is 1.15 bits per heavy atom. The summed E-state index contributed by atoms with van der Waals surface area (Å²) >= 11 is 6.39. The molecule has 7 nitrogen and oxygen atoms in total. The van der Waals surface area contributed by atoms with Gasteiger partial charge in [-0.1, -0.05) is 41.9 Å². The smallest absolute Gasteiger partial charge is 0.260 e. The summed E-state index contributed by atoms with van der Waals surface area (Å²) in [4.78, 5) is 38.6. The molecule has 9 heteroatoms. The van der Waals surface area contributed by atoms with Gasteiger partial charge in [0.25, 0.3) is 5.91 Å². The summed E-state index contributed by atoms with van der Waals surface area (Å²) < 4.78 is 14.0. The van der Waals surface area contributed by atoms with Gasteiger partial charge in [-0.25, -0.2) is 14.4 Å². The van der Waals surface area contributed by atoms with Crippen LogP contribution in [0.5, 0.6) is 0 Å². The van der Waals surface area contributed by atoms with Crippen molar-refractivity contribution in [3.63, 3.8) is 0 Å². The first kappa shape index (κ1) is 21.1. The van der Waals surface area contributed by atoms with Crippen molar-refractivity contribution in [2.75, 3.05) is 10.2 Å². The zero-order valence-electron chi connectivity index (χ0n) is 17.5. The topological polar surface area (TPSA) is 91.0 Å². The quantitative estimate of drug-likeness (QED) is 0.473. The first-order chi connectivity index (χ1) is 16.0. The fourth-order valence-corrected chi connectivity index (χ4v) is 4.59. The van der Waals surface area contributed by atoms with Gasteiger partial charge in [0.05, 0.1) is 16.6 Å². The van der Waals surface area contributed by atoms with Crippen LogP contribution in [0.15, 0.2) is 65.8 Å². The number of pyridine rings is 1. The molecule has 0 spiro atoms. The van der Waals surface area contributed by atoms with Crippen molar-refractivity contribution in [1.82, 2.24) is 15.0 Å². The van der Waals surface area contributed by atoms with Crippen LogP contribution in [-0.2, 0) is 6.42 Å². The van der Waals surface area contributed by atoms with Crippen molar-refractivity contribution in [2.24, 2.45) is 0 Å². The zero-order chi connectivity index (χ0) is 23.1. The van der Waals surface area contributed by atoms with E-state index in [2.05, 4.69) is 20.3 Å².